The highest BCUT2D eigenvalue weighted by Gasteiger charge is 2.35. The highest BCUT2D eigenvalue weighted by atomic mass is 35.5. The monoisotopic (exact) mass is 516 g/mol. The summed E-state index contributed by atoms with van der Waals surface area (Å²) in [6.07, 6.45) is -2.74. The first-order valence-electron chi connectivity index (χ1n) is 9.98. The third-order valence-electron chi connectivity index (χ3n) is 4.54. The van der Waals surface area contributed by atoms with Crippen LogP contribution in [0.25, 0.3) is 5.82 Å². The fourth-order valence-corrected chi connectivity index (χ4v) is 3.10. The molecule has 0 amide bonds. The van der Waals surface area contributed by atoms with E-state index in [1.807, 2.05) is 6.92 Å². The molecule has 9 nitrogen and oxygen atoms in total. The number of carbonyl (C=O) groups excluding carboxylic acids is 1. The summed E-state index contributed by atoms with van der Waals surface area (Å²) in [7, 11) is 0.769. The van der Waals surface area contributed by atoms with E-state index in [1.54, 1.807) is 0 Å². The van der Waals surface area contributed by atoms with Crippen molar-refractivity contribution in [2.24, 2.45) is 7.05 Å². The normalized spacial score (nSPS) is 11.4. The van der Waals surface area contributed by atoms with Crippen molar-refractivity contribution in [1.29, 1.82) is 0 Å². The molecule has 3 rings (SSSR count). The first-order chi connectivity index (χ1) is 16.4. The molecule has 0 aliphatic rings. The first-order valence-corrected chi connectivity index (χ1v) is 10.4. The summed E-state index contributed by atoms with van der Waals surface area (Å²) in [4.78, 5) is 44.3. The predicted octanol–water partition coefficient (Wildman–Crippen LogP) is 3.68. The maximum absolute atomic E-state index is 14.6. The van der Waals surface area contributed by atoms with E-state index >= 15 is 0 Å². The maximum Gasteiger partial charge on any atom is 0.431 e. The molecular weight excluding hydrogens is 500 g/mol. The summed E-state index contributed by atoms with van der Waals surface area (Å²) < 4.78 is 65.1. The van der Waals surface area contributed by atoms with Gasteiger partial charge in [-0.05, 0) is 18.6 Å². The van der Waals surface area contributed by atoms with E-state index in [0.29, 0.717) is 12.5 Å². The molecule has 3 aromatic rings. The Bertz CT molecular complexity index is 1390. The molecule has 35 heavy (non-hydrogen) atoms. The summed E-state index contributed by atoms with van der Waals surface area (Å²) in [5.41, 5.74) is -4.49. The lowest BCUT2D eigenvalue weighted by molar-refractivity contribution is -0.144. The van der Waals surface area contributed by atoms with Crippen LogP contribution in [0.3, 0.4) is 0 Å². The van der Waals surface area contributed by atoms with Crippen LogP contribution in [0.2, 0.25) is 5.02 Å². The summed E-state index contributed by atoms with van der Waals surface area (Å²) in [6, 6.07) is 3.63. The van der Waals surface area contributed by atoms with Crippen molar-refractivity contribution >= 4 is 17.4 Å². The van der Waals surface area contributed by atoms with Gasteiger partial charge >= 0.3 is 11.9 Å². The van der Waals surface area contributed by atoms with Gasteiger partial charge in [0.2, 0.25) is 5.88 Å². The van der Waals surface area contributed by atoms with Gasteiger partial charge < -0.3 is 9.47 Å². The molecule has 0 N–H and O–H groups in total. The highest BCUT2D eigenvalue weighted by Crippen LogP contribution is 2.34. The number of carbonyl (C=O) groups is 1. The number of nitrogens with zero attached hydrogens (tertiary/aromatic N) is 4. The van der Waals surface area contributed by atoms with Gasteiger partial charge in [-0.25, -0.2) is 18.7 Å². The van der Waals surface area contributed by atoms with Crippen molar-refractivity contribution in [3.05, 3.63) is 67.8 Å². The molecular formula is C21H17ClF4N4O5. The molecule has 0 fully saturated rings. The van der Waals surface area contributed by atoms with Crippen LogP contribution in [-0.2, 0) is 18.0 Å². The van der Waals surface area contributed by atoms with E-state index in [-0.39, 0.29) is 50.7 Å². The van der Waals surface area contributed by atoms with Gasteiger partial charge in [-0.2, -0.15) is 18.2 Å². The predicted molar refractivity (Wildman–Crippen MR) is 115 cm³/mol. The minimum Gasteiger partial charge on any atom is -0.467 e. The van der Waals surface area contributed by atoms with Crippen LogP contribution in [0.15, 0.2) is 40.1 Å². The van der Waals surface area contributed by atoms with Gasteiger partial charge in [0.25, 0.3) is 11.4 Å². The van der Waals surface area contributed by atoms with E-state index in [0.717, 1.165) is 7.05 Å². The van der Waals surface area contributed by atoms with Crippen molar-refractivity contribution in [3.63, 3.8) is 0 Å². The van der Waals surface area contributed by atoms with Gasteiger partial charge in [-0.3, -0.25) is 14.2 Å². The molecule has 14 heteroatoms. The second-order valence-corrected chi connectivity index (χ2v) is 7.52. The van der Waals surface area contributed by atoms with Crippen molar-refractivity contribution < 1.29 is 31.8 Å². The second kappa shape index (κ2) is 10.3. The minimum absolute atomic E-state index is 0.0866. The molecule has 3 aromatic heterocycles. The maximum atomic E-state index is 14.6. The quantitative estimate of drug-likeness (QED) is 0.421. The average Bonchev–Trinajstić information content (AvgIpc) is 2.78. The van der Waals surface area contributed by atoms with Crippen LogP contribution < -0.4 is 20.7 Å². The van der Waals surface area contributed by atoms with Gasteiger partial charge in [-0.15, -0.1) is 0 Å². The molecule has 0 saturated heterocycles. The molecule has 0 aliphatic heterocycles. The smallest absolute Gasteiger partial charge is 0.431 e. The standard InChI is InChI=1S/C21H17ClF4N4O5/c1-3-5-11(31)10-34-19-14(6-4-7-27-19)35-18-12(22)8-13(23)17(28-18)30-16(32)9-15(21(24,25)26)29(2)20(30)33/h4,6-9H,3,5,10H2,1-2H3. The van der Waals surface area contributed by atoms with Crippen LogP contribution in [0.1, 0.15) is 25.5 Å². The minimum atomic E-state index is -5.00. The zero-order chi connectivity index (χ0) is 25.9. The van der Waals surface area contributed by atoms with E-state index in [9.17, 15) is 31.9 Å². The number of aromatic nitrogens is 4. The Hall–Kier alpha value is -3.74. The SMILES string of the molecule is CCCC(=O)COc1ncccc1Oc1nc(-n2c(=O)cc(C(F)(F)F)n(C)c2=O)c(F)cc1Cl. The molecule has 186 valence electrons. The lowest BCUT2D eigenvalue weighted by Crippen LogP contribution is -2.41. The lowest BCUT2D eigenvalue weighted by atomic mass is 10.2. The van der Waals surface area contributed by atoms with E-state index in [1.165, 1.54) is 18.3 Å². The van der Waals surface area contributed by atoms with Gasteiger partial charge in [0, 0.05) is 31.8 Å². The Morgan fingerprint density at radius 1 is 1.20 bits per heavy atom. The molecule has 0 bridgehead atoms. The number of hydrogen-bond donors (Lipinski definition) is 0. The van der Waals surface area contributed by atoms with Gasteiger partial charge in [0.1, 0.15) is 17.3 Å². The van der Waals surface area contributed by atoms with Crippen molar-refractivity contribution in [2.75, 3.05) is 6.61 Å². The Labute approximate surface area is 199 Å². The molecule has 0 aliphatic carbocycles. The molecule has 3 heterocycles. The molecule has 0 atom stereocenters. The number of halogens is 5. The largest absolute Gasteiger partial charge is 0.467 e. The average molecular weight is 517 g/mol. The molecule has 0 spiro atoms. The lowest BCUT2D eigenvalue weighted by Gasteiger charge is -2.15. The van der Waals surface area contributed by atoms with Crippen molar-refractivity contribution in [3.8, 4) is 23.3 Å². The zero-order valence-electron chi connectivity index (χ0n) is 18.2. The fraction of sp³-hybridized carbons (Fsp3) is 0.286. The Morgan fingerprint density at radius 3 is 2.57 bits per heavy atom. The number of ether oxygens (including phenoxy) is 2. The number of ketones is 1. The Balaban J connectivity index is 2.05. The van der Waals surface area contributed by atoms with Gasteiger partial charge in [0.05, 0.1) is 0 Å². The van der Waals surface area contributed by atoms with E-state index < -0.39 is 40.6 Å². The number of Topliss-reactive ketones (excluding diaryl/α,β-unsaturated/α-hetero) is 1. The molecule has 0 radical (unpaired) electrons. The van der Waals surface area contributed by atoms with Crippen LogP contribution in [0.4, 0.5) is 17.6 Å². The Morgan fingerprint density at radius 2 is 1.91 bits per heavy atom. The number of pyridine rings is 2. The fourth-order valence-electron chi connectivity index (χ4n) is 2.93. The van der Waals surface area contributed by atoms with E-state index in [2.05, 4.69) is 9.97 Å². The summed E-state index contributed by atoms with van der Waals surface area (Å²) in [5.74, 6) is -3.11. The van der Waals surface area contributed by atoms with Gasteiger partial charge in [-0.1, -0.05) is 18.5 Å². The van der Waals surface area contributed by atoms with Crippen LogP contribution >= 0.6 is 11.6 Å². The van der Waals surface area contributed by atoms with Crippen LogP contribution in [0.5, 0.6) is 17.5 Å². The summed E-state index contributed by atoms with van der Waals surface area (Å²) >= 11 is 5.99. The van der Waals surface area contributed by atoms with Crippen LogP contribution in [-0.4, -0.2) is 31.5 Å². The highest BCUT2D eigenvalue weighted by molar-refractivity contribution is 6.31. The second-order valence-electron chi connectivity index (χ2n) is 7.11. The molecule has 0 saturated carbocycles. The third kappa shape index (κ3) is 5.67. The number of hydrogen-bond acceptors (Lipinski definition) is 7. The van der Waals surface area contributed by atoms with Crippen molar-refractivity contribution in [1.82, 2.24) is 19.1 Å². The topological polar surface area (TPSA) is 105 Å². The number of rotatable bonds is 8. The van der Waals surface area contributed by atoms with Crippen LogP contribution in [0, 0.1) is 5.82 Å². The molecule has 0 unspecified atom stereocenters. The van der Waals surface area contributed by atoms with Gasteiger partial charge in [0.15, 0.2) is 23.2 Å². The first kappa shape index (κ1) is 25.9. The third-order valence-corrected chi connectivity index (χ3v) is 4.81. The summed E-state index contributed by atoms with van der Waals surface area (Å²) in [6.45, 7) is 1.52. The van der Waals surface area contributed by atoms with E-state index in [4.69, 9.17) is 21.1 Å². The Kier molecular flexibility index (Phi) is 7.58. The van der Waals surface area contributed by atoms with Crippen molar-refractivity contribution in [2.45, 2.75) is 25.9 Å². The summed E-state index contributed by atoms with van der Waals surface area (Å²) in [5, 5.41) is -0.389. The zero-order valence-corrected chi connectivity index (χ0v) is 19.0. The molecule has 0 aromatic carbocycles. The number of alkyl halides is 3.